The van der Waals surface area contributed by atoms with Crippen LogP contribution in [-0.4, -0.2) is 113 Å². The number of azo groups is 3. The molecule has 0 aliphatic carbocycles. The number of aliphatic hydroxyl groups is 1. The molecule has 5 aromatic carbocycles. The highest BCUT2D eigenvalue weighted by molar-refractivity contribution is 7.99. The number of aryl methyl sites for hydroxylation is 2. The topological polar surface area (TPSA) is 450 Å². The van der Waals surface area contributed by atoms with Crippen molar-refractivity contribution in [3.63, 3.8) is 0 Å². The lowest BCUT2D eigenvalue weighted by Crippen LogP contribution is -2.08. The maximum Gasteiger partial charge on any atom is 0.296 e. The number of nitriles is 1. The molecule has 0 unspecified atom stereocenters. The summed E-state index contributed by atoms with van der Waals surface area (Å²) in [5.74, 6) is -1.87. The molecule has 0 amide bonds. The summed E-state index contributed by atoms with van der Waals surface area (Å²) in [7, 11) is -23.1. The van der Waals surface area contributed by atoms with Crippen LogP contribution in [0.4, 0.5) is 33.6 Å². The molecule has 0 aliphatic heterocycles. The van der Waals surface area contributed by atoms with Gasteiger partial charge in [0.25, 0.3) is 50.6 Å². The summed E-state index contributed by atoms with van der Waals surface area (Å²) in [6, 6.07) is 14.2. The monoisotopic (exact) mass is 1230 g/mol. The zero-order valence-corrected chi connectivity index (χ0v) is 46.9. The maximum absolute atomic E-state index is 12.5. The van der Waals surface area contributed by atoms with Crippen LogP contribution in [0.25, 0.3) is 37.7 Å². The summed E-state index contributed by atoms with van der Waals surface area (Å²) in [5.41, 5.74) is 0.450. The van der Waals surface area contributed by atoms with E-state index in [-0.39, 0.29) is 129 Å². The fourth-order valence-electron chi connectivity index (χ4n) is 7.97. The predicted octanol–water partition coefficient (Wildman–Crippen LogP) is 9.26. The lowest BCUT2D eigenvalue weighted by atomic mass is 10.1. The van der Waals surface area contributed by atoms with Crippen molar-refractivity contribution in [2.75, 3.05) is 23.9 Å². The van der Waals surface area contributed by atoms with Crippen LogP contribution in [-0.2, 0) is 57.2 Å². The molecule has 35 heteroatoms. The Kier molecular flexibility index (Phi) is 16.6. The molecule has 0 radical (unpaired) electrons. The van der Waals surface area contributed by atoms with Crippen molar-refractivity contribution in [1.82, 2.24) is 14.4 Å². The van der Waals surface area contributed by atoms with E-state index in [1.165, 1.54) is 48.6 Å². The lowest BCUT2D eigenvalue weighted by molar-refractivity contribution is 0.282. The SMILES string of the molecule is Cc1cc(N=Nc2c(C)c(C#N)c3nc4cc(S(=O)(=O)O)cc(C)c4n3c2O)c(OCCCS(=O)(=O)O)cc1N=Nc1cc(CO)c(N=Nc2nc3c(S(=O)(=O)O)cc4ccc(S(=O)(=O)O)cc4c3s2)cc1SCCCS(=O)(=O)O. The highest BCUT2D eigenvalue weighted by atomic mass is 32.2. The minimum Gasteiger partial charge on any atom is -0.493 e. The summed E-state index contributed by atoms with van der Waals surface area (Å²) >= 11 is 1.78. The number of hydrogen-bond donors (Lipinski definition) is 7. The van der Waals surface area contributed by atoms with E-state index in [1.807, 2.05) is 6.07 Å². The van der Waals surface area contributed by atoms with Crippen LogP contribution < -0.4 is 4.74 Å². The van der Waals surface area contributed by atoms with E-state index in [9.17, 15) is 80.3 Å². The number of imidazole rings is 1. The number of hydrogen-bond acceptors (Lipinski definition) is 24. The van der Waals surface area contributed by atoms with E-state index in [2.05, 4.69) is 40.7 Å². The molecule has 3 heterocycles. The summed E-state index contributed by atoms with van der Waals surface area (Å²) in [6.07, 6.45) is -0.264. The molecule has 0 atom stereocenters. The van der Waals surface area contributed by atoms with E-state index in [4.69, 9.17) is 4.74 Å². The van der Waals surface area contributed by atoms with E-state index < -0.39 is 89.3 Å². The van der Waals surface area contributed by atoms with Crippen LogP contribution in [0, 0.1) is 32.1 Å². The van der Waals surface area contributed by atoms with Crippen LogP contribution in [0.2, 0.25) is 0 Å². The number of nitrogens with zero attached hydrogens (tertiary/aromatic N) is 10. The van der Waals surface area contributed by atoms with Crippen molar-refractivity contribution in [3.8, 4) is 17.7 Å². The molecule has 28 nitrogen and oxygen atoms in total. The molecular weight excluding hydrogens is 1190 g/mol. The van der Waals surface area contributed by atoms with Crippen molar-refractivity contribution in [2.45, 2.75) is 59.8 Å². The molecule has 0 fully saturated rings. The van der Waals surface area contributed by atoms with Crippen molar-refractivity contribution < 1.29 is 79.8 Å². The van der Waals surface area contributed by atoms with Crippen LogP contribution in [0.5, 0.6) is 11.6 Å². The van der Waals surface area contributed by atoms with Gasteiger partial charge in [0.2, 0.25) is 11.0 Å². The van der Waals surface area contributed by atoms with Gasteiger partial charge in [-0.25, -0.2) is 9.97 Å². The standard InChI is InChI=1S/C45H40N10O18S7/c1-22-13-33(51-53-39-24(3)30(20-46)43-47-35-17-28(79(67,68)69)12-23(2)41(35)55(43)44(39)57)36(73-8-4-10-76(58,59)60)18-31(22)49-52-34-14-26(21-56)32(19-37(34)74-9-5-11-77(61,62)63)50-54-45-48-40-38(80(70,71)72)15-25-6-7-27(78(64,65)66)16-29(25)42(40)75-45/h6-7,12-19,56-57H,4-5,8-11,21H2,1-3H3,(H,58,59,60)(H,61,62,63)(H,64,65,66)(H,67,68,69)(H,70,71,72). The first-order chi connectivity index (χ1) is 37.3. The number of aromatic hydroxyl groups is 1. The highest BCUT2D eigenvalue weighted by Crippen LogP contribution is 2.44. The first-order valence-corrected chi connectivity index (χ1v) is 31.9. The number of pyridine rings is 1. The van der Waals surface area contributed by atoms with Gasteiger partial charge in [-0.15, -0.1) is 37.3 Å². The smallest absolute Gasteiger partial charge is 0.296 e. The van der Waals surface area contributed by atoms with Gasteiger partial charge >= 0.3 is 0 Å². The molecule has 420 valence electrons. The van der Waals surface area contributed by atoms with Gasteiger partial charge in [-0.3, -0.25) is 27.2 Å². The number of rotatable bonds is 20. The van der Waals surface area contributed by atoms with E-state index >= 15 is 0 Å². The second-order valence-corrected chi connectivity index (χ2v) is 26.8. The minimum atomic E-state index is -4.92. The summed E-state index contributed by atoms with van der Waals surface area (Å²) in [6.45, 7) is 3.53. The van der Waals surface area contributed by atoms with Crippen molar-refractivity contribution >= 4 is 145 Å². The Morgan fingerprint density at radius 1 is 0.700 bits per heavy atom. The zero-order chi connectivity index (χ0) is 58.4. The Morgan fingerprint density at radius 3 is 2.01 bits per heavy atom. The van der Waals surface area contributed by atoms with Gasteiger partial charge in [-0.05, 0) is 104 Å². The van der Waals surface area contributed by atoms with Gasteiger partial charge in [0.15, 0.2) is 11.3 Å². The second-order valence-electron chi connectivity index (χ2n) is 17.3. The van der Waals surface area contributed by atoms with Gasteiger partial charge in [-0.2, -0.15) is 52.5 Å². The Labute approximate surface area is 462 Å². The third-order valence-corrected chi connectivity index (χ3v) is 17.9. The van der Waals surface area contributed by atoms with Gasteiger partial charge in [-0.1, -0.05) is 17.4 Å². The fraction of sp³-hybridized carbons (Fsp3) is 0.222. The number of thioether (sulfide) groups is 1. The molecule has 3 aromatic heterocycles. The van der Waals surface area contributed by atoms with Crippen molar-refractivity contribution in [2.24, 2.45) is 30.7 Å². The number of aliphatic hydroxyl groups excluding tert-OH is 1. The van der Waals surface area contributed by atoms with Crippen LogP contribution in [0.3, 0.4) is 0 Å². The zero-order valence-electron chi connectivity index (χ0n) is 41.2. The first kappa shape index (κ1) is 59.1. The van der Waals surface area contributed by atoms with Crippen LogP contribution in [0.15, 0.2) is 111 Å². The van der Waals surface area contributed by atoms with Crippen molar-refractivity contribution in [1.29, 1.82) is 5.26 Å². The Hall–Kier alpha value is -7.05. The predicted molar refractivity (Wildman–Crippen MR) is 289 cm³/mol. The van der Waals surface area contributed by atoms with Crippen LogP contribution >= 0.6 is 23.1 Å². The second kappa shape index (κ2) is 22.5. The molecule has 80 heavy (non-hydrogen) atoms. The average Bonchev–Trinajstić information content (AvgIpc) is 4.16. The molecule has 8 aromatic rings. The number of benzene rings is 5. The quantitative estimate of drug-likeness (QED) is 0.0162. The summed E-state index contributed by atoms with van der Waals surface area (Å²) < 4.78 is 174. The summed E-state index contributed by atoms with van der Waals surface area (Å²) in [4.78, 5) is 7.23. The molecule has 0 aliphatic rings. The average molecular weight is 1230 g/mol. The number of aromatic nitrogens is 3. The third-order valence-electron chi connectivity index (χ3n) is 11.7. The van der Waals surface area contributed by atoms with Gasteiger partial charge in [0.1, 0.15) is 33.5 Å². The van der Waals surface area contributed by atoms with E-state index in [1.54, 1.807) is 6.92 Å². The van der Waals surface area contributed by atoms with E-state index in [0.717, 1.165) is 53.4 Å². The Morgan fingerprint density at radius 2 is 1.36 bits per heavy atom. The largest absolute Gasteiger partial charge is 0.493 e. The normalized spacial score (nSPS) is 13.1. The minimum absolute atomic E-state index is 0.00653. The van der Waals surface area contributed by atoms with Gasteiger partial charge in [0, 0.05) is 27.5 Å². The van der Waals surface area contributed by atoms with E-state index in [0.29, 0.717) is 5.56 Å². The Balaban J connectivity index is 1.19. The maximum atomic E-state index is 12.5. The summed E-state index contributed by atoms with van der Waals surface area (Å²) in [5, 5.41) is 58.4. The number of ether oxygens (including phenoxy) is 1. The molecule has 0 spiro atoms. The molecule has 7 N–H and O–H groups in total. The lowest BCUT2D eigenvalue weighted by Gasteiger charge is -2.12. The molecule has 0 saturated carbocycles. The molecule has 8 rings (SSSR count). The highest BCUT2D eigenvalue weighted by Gasteiger charge is 2.26. The fourth-order valence-corrected chi connectivity index (χ4v) is 12.9. The van der Waals surface area contributed by atoms with Crippen LogP contribution in [0.1, 0.15) is 40.7 Å². The van der Waals surface area contributed by atoms with Gasteiger partial charge in [0.05, 0.1) is 67.3 Å². The van der Waals surface area contributed by atoms with Crippen molar-refractivity contribution in [3.05, 3.63) is 88.5 Å². The first-order valence-electron chi connectivity index (χ1n) is 22.6. The molecular formula is C45H40N10O18S7. The Bertz CT molecular complexity index is 4640. The third kappa shape index (κ3) is 13.1. The molecule has 0 saturated heterocycles. The number of thiazole rings is 1. The van der Waals surface area contributed by atoms with Gasteiger partial charge < -0.3 is 14.9 Å². The number of fused-ring (bicyclic) bond motifs is 6. The molecule has 0 bridgehead atoms.